The van der Waals surface area contributed by atoms with Crippen LogP contribution in [0.1, 0.15) is 10.9 Å². The number of amides is 1. The van der Waals surface area contributed by atoms with Crippen molar-refractivity contribution in [2.45, 2.75) is 5.37 Å². The Balaban J connectivity index is 2.09. The molecule has 1 aliphatic rings. The lowest BCUT2D eigenvalue weighted by Crippen LogP contribution is -2.28. The Bertz CT molecular complexity index is 752. The highest BCUT2D eigenvalue weighted by atomic mass is 32.2. The molecule has 1 unspecified atom stereocenters. The predicted octanol–water partition coefficient (Wildman–Crippen LogP) is 3.89. The van der Waals surface area contributed by atoms with Gasteiger partial charge in [0, 0.05) is 12.1 Å². The number of thioether (sulfide) groups is 1. The first-order chi connectivity index (χ1) is 11.0. The van der Waals surface area contributed by atoms with Crippen molar-refractivity contribution in [2.75, 3.05) is 17.8 Å². The molecule has 0 bridgehead atoms. The van der Waals surface area contributed by atoms with Crippen LogP contribution in [0, 0.1) is 17.5 Å². The van der Waals surface area contributed by atoms with E-state index in [1.54, 1.807) is 12.1 Å². The minimum Gasteiger partial charge on any atom is -0.492 e. The van der Waals surface area contributed by atoms with Gasteiger partial charge >= 0.3 is 0 Å². The summed E-state index contributed by atoms with van der Waals surface area (Å²) in [4.78, 5) is 13.5. The number of methoxy groups -OCH3 is 1. The monoisotopic (exact) mass is 339 g/mol. The van der Waals surface area contributed by atoms with E-state index >= 15 is 0 Å². The van der Waals surface area contributed by atoms with Crippen molar-refractivity contribution in [1.29, 1.82) is 0 Å². The molecule has 7 heteroatoms. The first-order valence-corrected chi connectivity index (χ1v) is 7.78. The van der Waals surface area contributed by atoms with E-state index in [1.807, 2.05) is 0 Å². The second-order valence-electron chi connectivity index (χ2n) is 4.92. The van der Waals surface area contributed by atoms with Crippen LogP contribution in [0.5, 0.6) is 5.75 Å². The normalized spacial score (nSPS) is 17.7. The number of rotatable bonds is 3. The van der Waals surface area contributed by atoms with E-state index in [9.17, 15) is 18.0 Å². The number of hydrogen-bond acceptors (Lipinski definition) is 3. The molecule has 1 saturated heterocycles. The van der Waals surface area contributed by atoms with Gasteiger partial charge in [-0.05, 0) is 17.7 Å². The summed E-state index contributed by atoms with van der Waals surface area (Å²) >= 11 is 1.30. The molecule has 1 amide bonds. The molecule has 2 aromatic rings. The molecular weight excluding hydrogens is 327 g/mol. The van der Waals surface area contributed by atoms with Crippen molar-refractivity contribution in [3.05, 3.63) is 59.4 Å². The first-order valence-electron chi connectivity index (χ1n) is 6.73. The highest BCUT2D eigenvalue weighted by Crippen LogP contribution is 2.45. The number of nitrogens with zero attached hydrogens (tertiary/aromatic N) is 1. The molecular formula is C16H12F3NO2S. The minimum absolute atomic E-state index is 0.0225. The Hall–Kier alpha value is -2.15. The van der Waals surface area contributed by atoms with E-state index in [0.29, 0.717) is 11.6 Å². The molecule has 3 nitrogen and oxygen atoms in total. The molecule has 0 saturated carbocycles. The number of ether oxygens (including phenoxy) is 1. The summed E-state index contributed by atoms with van der Waals surface area (Å²) < 4.78 is 45.6. The molecule has 23 heavy (non-hydrogen) atoms. The second-order valence-corrected chi connectivity index (χ2v) is 5.99. The van der Waals surface area contributed by atoms with Gasteiger partial charge in [-0.25, -0.2) is 13.2 Å². The van der Waals surface area contributed by atoms with Gasteiger partial charge in [-0.15, -0.1) is 11.8 Å². The van der Waals surface area contributed by atoms with Gasteiger partial charge in [-0.1, -0.05) is 12.1 Å². The van der Waals surface area contributed by atoms with E-state index in [4.69, 9.17) is 4.74 Å². The Morgan fingerprint density at radius 2 is 1.83 bits per heavy atom. The fourth-order valence-electron chi connectivity index (χ4n) is 2.49. The molecule has 120 valence electrons. The van der Waals surface area contributed by atoms with Crippen molar-refractivity contribution >= 4 is 23.4 Å². The van der Waals surface area contributed by atoms with Crippen molar-refractivity contribution < 1.29 is 22.7 Å². The van der Waals surface area contributed by atoms with Crippen LogP contribution in [-0.2, 0) is 4.79 Å². The number of hydrogen-bond donors (Lipinski definition) is 0. The molecule has 1 heterocycles. The number of anilines is 1. The van der Waals surface area contributed by atoms with Crippen molar-refractivity contribution in [1.82, 2.24) is 0 Å². The zero-order chi connectivity index (χ0) is 16.6. The summed E-state index contributed by atoms with van der Waals surface area (Å²) in [6.45, 7) is 0. The van der Waals surface area contributed by atoms with Crippen molar-refractivity contribution in [3.63, 3.8) is 0 Å². The van der Waals surface area contributed by atoms with Crippen LogP contribution in [0.3, 0.4) is 0 Å². The Morgan fingerprint density at radius 3 is 2.48 bits per heavy atom. The van der Waals surface area contributed by atoms with Crippen LogP contribution in [0.2, 0.25) is 0 Å². The maximum absolute atomic E-state index is 13.9. The second kappa shape index (κ2) is 6.16. The zero-order valence-electron chi connectivity index (χ0n) is 12.1. The van der Waals surface area contributed by atoms with E-state index in [1.165, 1.54) is 35.9 Å². The van der Waals surface area contributed by atoms with Gasteiger partial charge in [-0.3, -0.25) is 9.69 Å². The summed E-state index contributed by atoms with van der Waals surface area (Å²) in [6, 6.07) is 7.40. The standard InChI is InChI=1S/C16H12F3NO2S/c1-22-15-12(19)6-11(18)7-13(15)20-14(21)8-23-16(20)9-2-4-10(17)5-3-9/h2-7,16H,8H2,1H3. The van der Waals surface area contributed by atoms with Gasteiger partial charge in [0.1, 0.15) is 17.0 Å². The molecule has 3 rings (SSSR count). The summed E-state index contributed by atoms with van der Waals surface area (Å²) in [6.07, 6.45) is 0. The highest BCUT2D eigenvalue weighted by molar-refractivity contribution is 8.00. The van der Waals surface area contributed by atoms with Crippen LogP contribution in [0.4, 0.5) is 18.9 Å². The zero-order valence-corrected chi connectivity index (χ0v) is 12.9. The third-order valence-electron chi connectivity index (χ3n) is 3.48. The van der Waals surface area contributed by atoms with Gasteiger partial charge in [0.05, 0.1) is 18.6 Å². The quantitative estimate of drug-likeness (QED) is 0.850. The fourth-order valence-corrected chi connectivity index (χ4v) is 3.66. The molecule has 0 N–H and O–H groups in total. The first kappa shape index (κ1) is 15.7. The van der Waals surface area contributed by atoms with Crippen molar-refractivity contribution in [3.8, 4) is 5.75 Å². The maximum Gasteiger partial charge on any atom is 0.238 e. The Labute approximate surface area is 135 Å². The molecule has 0 radical (unpaired) electrons. The van der Waals surface area contributed by atoms with Crippen LogP contribution >= 0.6 is 11.8 Å². The largest absolute Gasteiger partial charge is 0.492 e. The summed E-state index contributed by atoms with van der Waals surface area (Å²) in [5, 5.41) is -0.502. The van der Waals surface area contributed by atoms with Gasteiger partial charge in [0.2, 0.25) is 5.91 Å². The topological polar surface area (TPSA) is 29.5 Å². The fraction of sp³-hybridized carbons (Fsp3) is 0.188. The van der Waals surface area contributed by atoms with Crippen molar-refractivity contribution in [2.24, 2.45) is 0 Å². The summed E-state index contributed by atoms with van der Waals surface area (Å²) in [5.41, 5.74) is 0.684. The van der Waals surface area contributed by atoms with Gasteiger partial charge in [0.15, 0.2) is 11.6 Å². The Morgan fingerprint density at radius 1 is 1.13 bits per heavy atom. The smallest absolute Gasteiger partial charge is 0.238 e. The Kier molecular flexibility index (Phi) is 4.21. The summed E-state index contributed by atoms with van der Waals surface area (Å²) in [7, 11) is 1.25. The SMILES string of the molecule is COc1c(F)cc(F)cc1N1C(=O)CSC1c1ccc(F)cc1. The predicted molar refractivity (Wildman–Crippen MR) is 82.0 cm³/mol. The molecule has 2 aromatic carbocycles. The molecule has 1 aliphatic heterocycles. The number of halogens is 3. The van der Waals surface area contributed by atoms with Gasteiger partial charge in [0.25, 0.3) is 0 Å². The molecule has 0 spiro atoms. The molecule has 1 fully saturated rings. The lowest BCUT2D eigenvalue weighted by atomic mass is 10.1. The van der Waals surface area contributed by atoms with Crippen LogP contribution < -0.4 is 9.64 Å². The lowest BCUT2D eigenvalue weighted by Gasteiger charge is -2.26. The molecule has 0 aliphatic carbocycles. The van der Waals surface area contributed by atoms with Gasteiger partial charge in [-0.2, -0.15) is 0 Å². The summed E-state index contributed by atoms with van der Waals surface area (Å²) in [5.74, 6) is -2.43. The molecule has 1 atom stereocenters. The van der Waals surface area contributed by atoms with E-state index in [2.05, 4.69) is 0 Å². The van der Waals surface area contributed by atoms with Gasteiger partial charge < -0.3 is 4.74 Å². The third-order valence-corrected chi connectivity index (χ3v) is 4.69. The van der Waals surface area contributed by atoms with E-state index in [0.717, 1.165) is 6.07 Å². The average Bonchev–Trinajstić information content (AvgIpc) is 2.89. The number of carbonyl (C=O) groups is 1. The highest BCUT2D eigenvalue weighted by Gasteiger charge is 2.36. The third kappa shape index (κ3) is 2.88. The molecule has 0 aromatic heterocycles. The van der Waals surface area contributed by atoms with Crippen LogP contribution in [0.25, 0.3) is 0 Å². The van der Waals surface area contributed by atoms with Crippen LogP contribution in [-0.4, -0.2) is 18.8 Å². The number of benzene rings is 2. The van der Waals surface area contributed by atoms with E-state index in [-0.39, 0.29) is 23.1 Å². The average molecular weight is 339 g/mol. The maximum atomic E-state index is 13.9. The van der Waals surface area contributed by atoms with E-state index < -0.39 is 22.8 Å². The number of carbonyl (C=O) groups excluding carboxylic acids is 1. The van der Waals surface area contributed by atoms with Crippen LogP contribution in [0.15, 0.2) is 36.4 Å². The minimum atomic E-state index is -0.884. The lowest BCUT2D eigenvalue weighted by molar-refractivity contribution is -0.115.